The molecule has 1 unspecified atom stereocenters. The Labute approximate surface area is 105 Å². The first kappa shape index (κ1) is 14.8. The van der Waals surface area contributed by atoms with Crippen molar-refractivity contribution < 1.29 is 18.3 Å². The fraction of sp³-hybridized carbons (Fsp3) is 0.429. The highest BCUT2D eigenvalue weighted by Crippen LogP contribution is 2.37. The van der Waals surface area contributed by atoms with Crippen LogP contribution in [0.1, 0.15) is 32.3 Å². The van der Waals surface area contributed by atoms with E-state index in [1.807, 2.05) is 6.92 Å². The van der Waals surface area contributed by atoms with Crippen molar-refractivity contribution in [2.24, 2.45) is 0 Å². The maximum Gasteiger partial charge on any atom is 0.417 e. The topological polar surface area (TPSA) is 20.2 Å². The number of halogens is 3. The van der Waals surface area contributed by atoms with Gasteiger partial charge in [0.05, 0.1) is 0 Å². The quantitative estimate of drug-likeness (QED) is 0.858. The molecule has 1 N–H and O–H groups in total. The van der Waals surface area contributed by atoms with Crippen molar-refractivity contribution >= 4 is 5.57 Å². The fourth-order valence-corrected chi connectivity index (χ4v) is 1.66. The van der Waals surface area contributed by atoms with Crippen LogP contribution in [0.5, 0.6) is 0 Å². The molecule has 1 aromatic carbocycles. The van der Waals surface area contributed by atoms with Gasteiger partial charge >= 0.3 is 6.18 Å². The maximum atomic E-state index is 12.7. The minimum absolute atomic E-state index is 0.436. The van der Waals surface area contributed by atoms with E-state index >= 15 is 0 Å². The third-order valence-corrected chi connectivity index (χ3v) is 2.74. The predicted octanol–water partition coefficient (Wildman–Crippen LogP) is 4.18. The molecular weight excluding hydrogens is 241 g/mol. The number of benzene rings is 1. The van der Waals surface area contributed by atoms with Gasteiger partial charge in [-0.25, -0.2) is 0 Å². The minimum Gasteiger partial charge on any atom is -0.380 e. The third-order valence-electron chi connectivity index (χ3n) is 2.74. The average Bonchev–Trinajstić information content (AvgIpc) is 2.28. The van der Waals surface area contributed by atoms with Gasteiger partial charge in [0.15, 0.2) is 5.60 Å². The van der Waals surface area contributed by atoms with Gasteiger partial charge in [-0.05, 0) is 24.5 Å². The molecule has 0 saturated carbocycles. The molecule has 0 radical (unpaired) electrons. The number of aliphatic hydroxyl groups is 1. The molecule has 0 heterocycles. The first-order chi connectivity index (χ1) is 8.28. The Balaban J connectivity index is 3.00. The molecule has 0 spiro atoms. The van der Waals surface area contributed by atoms with Crippen LogP contribution in [0.15, 0.2) is 36.4 Å². The summed E-state index contributed by atoms with van der Waals surface area (Å²) in [6, 6.07) is 8.82. The molecule has 1 rings (SSSR count). The summed E-state index contributed by atoms with van der Waals surface area (Å²) >= 11 is 0. The number of hydrogen-bond donors (Lipinski definition) is 1. The zero-order valence-electron chi connectivity index (χ0n) is 10.5. The van der Waals surface area contributed by atoms with Crippen LogP contribution in [0.25, 0.3) is 5.57 Å². The molecule has 0 aliphatic rings. The highest BCUT2D eigenvalue weighted by atomic mass is 19.4. The van der Waals surface area contributed by atoms with E-state index in [0.717, 1.165) is 6.92 Å². The van der Waals surface area contributed by atoms with Gasteiger partial charge in [0, 0.05) is 6.42 Å². The second kappa shape index (κ2) is 5.57. The van der Waals surface area contributed by atoms with Crippen molar-refractivity contribution in [3.05, 3.63) is 42.0 Å². The first-order valence-electron chi connectivity index (χ1n) is 5.81. The van der Waals surface area contributed by atoms with Crippen LogP contribution >= 0.6 is 0 Å². The summed E-state index contributed by atoms with van der Waals surface area (Å²) in [6.45, 7) is 2.66. The van der Waals surface area contributed by atoms with Crippen molar-refractivity contribution in [1.82, 2.24) is 0 Å². The molecule has 18 heavy (non-hydrogen) atoms. The van der Waals surface area contributed by atoms with E-state index in [1.165, 1.54) is 0 Å². The van der Waals surface area contributed by atoms with Crippen molar-refractivity contribution in [3.63, 3.8) is 0 Å². The zero-order chi connectivity index (χ0) is 13.8. The molecule has 0 fully saturated rings. The molecule has 1 aromatic rings. The summed E-state index contributed by atoms with van der Waals surface area (Å²) < 4.78 is 38.0. The summed E-state index contributed by atoms with van der Waals surface area (Å²) in [5.74, 6) is 0. The van der Waals surface area contributed by atoms with E-state index in [0.29, 0.717) is 17.6 Å². The van der Waals surface area contributed by atoms with E-state index < -0.39 is 18.2 Å². The molecular formula is C14H17F3O. The Kier molecular flexibility index (Phi) is 4.57. The monoisotopic (exact) mass is 258 g/mol. The van der Waals surface area contributed by atoms with Crippen molar-refractivity contribution in [2.45, 2.75) is 38.5 Å². The molecule has 1 nitrogen and oxygen atoms in total. The lowest BCUT2D eigenvalue weighted by molar-refractivity contribution is -0.250. The van der Waals surface area contributed by atoms with Gasteiger partial charge in [-0.2, -0.15) is 13.2 Å². The van der Waals surface area contributed by atoms with Gasteiger partial charge in [0.2, 0.25) is 0 Å². The smallest absolute Gasteiger partial charge is 0.380 e. The lowest BCUT2D eigenvalue weighted by atomic mass is 9.91. The van der Waals surface area contributed by atoms with E-state index in [4.69, 9.17) is 0 Å². The van der Waals surface area contributed by atoms with Gasteiger partial charge in [-0.3, -0.25) is 0 Å². The average molecular weight is 258 g/mol. The SMILES string of the molecule is CCC=C(CC(C)(O)C(F)(F)F)c1ccccc1. The number of rotatable bonds is 4. The summed E-state index contributed by atoms with van der Waals surface area (Å²) in [5.41, 5.74) is -1.48. The third kappa shape index (κ3) is 3.60. The first-order valence-corrected chi connectivity index (χ1v) is 5.81. The van der Waals surface area contributed by atoms with Crippen LogP contribution in [0.2, 0.25) is 0 Å². The standard InChI is InChI=1S/C14H17F3O/c1-3-7-12(11-8-5-4-6-9-11)10-13(2,18)14(15,16)17/h4-9,18H,3,10H2,1-2H3. The predicted molar refractivity (Wildman–Crippen MR) is 66.0 cm³/mol. The zero-order valence-corrected chi connectivity index (χ0v) is 10.5. The Morgan fingerprint density at radius 3 is 2.22 bits per heavy atom. The van der Waals surface area contributed by atoms with Crippen LogP contribution in [-0.2, 0) is 0 Å². The second-order valence-electron chi connectivity index (χ2n) is 4.45. The van der Waals surface area contributed by atoms with Gasteiger partial charge in [0.1, 0.15) is 0 Å². The van der Waals surface area contributed by atoms with E-state index in [1.54, 1.807) is 36.4 Å². The van der Waals surface area contributed by atoms with Crippen molar-refractivity contribution in [1.29, 1.82) is 0 Å². The molecule has 4 heteroatoms. The molecule has 0 bridgehead atoms. The molecule has 0 amide bonds. The Bertz CT molecular complexity index is 405. The van der Waals surface area contributed by atoms with Crippen LogP contribution < -0.4 is 0 Å². The van der Waals surface area contributed by atoms with Crippen molar-refractivity contribution in [2.75, 3.05) is 0 Å². The highest BCUT2D eigenvalue weighted by molar-refractivity contribution is 5.66. The lowest BCUT2D eigenvalue weighted by Gasteiger charge is -2.27. The number of allylic oxidation sites excluding steroid dienone is 1. The van der Waals surface area contributed by atoms with Gasteiger partial charge in [-0.15, -0.1) is 0 Å². The fourth-order valence-electron chi connectivity index (χ4n) is 1.66. The summed E-state index contributed by atoms with van der Waals surface area (Å²) in [7, 11) is 0. The Morgan fingerprint density at radius 1 is 1.22 bits per heavy atom. The van der Waals surface area contributed by atoms with E-state index in [-0.39, 0.29) is 0 Å². The molecule has 0 aliphatic heterocycles. The molecule has 0 aliphatic carbocycles. The minimum atomic E-state index is -4.63. The number of hydrogen-bond acceptors (Lipinski definition) is 1. The summed E-state index contributed by atoms with van der Waals surface area (Å²) in [6.07, 6.45) is -2.73. The summed E-state index contributed by atoms with van der Waals surface area (Å²) in [5, 5.41) is 9.54. The number of alkyl halides is 3. The van der Waals surface area contributed by atoms with Crippen LogP contribution in [0.3, 0.4) is 0 Å². The normalized spacial score (nSPS) is 16.4. The van der Waals surface area contributed by atoms with Gasteiger partial charge < -0.3 is 5.11 Å². The Hall–Kier alpha value is -1.29. The van der Waals surface area contributed by atoms with Crippen LogP contribution in [0, 0.1) is 0 Å². The second-order valence-corrected chi connectivity index (χ2v) is 4.45. The van der Waals surface area contributed by atoms with Crippen LogP contribution in [0.4, 0.5) is 13.2 Å². The van der Waals surface area contributed by atoms with Gasteiger partial charge in [0.25, 0.3) is 0 Å². The largest absolute Gasteiger partial charge is 0.417 e. The summed E-state index contributed by atoms with van der Waals surface area (Å²) in [4.78, 5) is 0. The van der Waals surface area contributed by atoms with E-state index in [9.17, 15) is 18.3 Å². The highest BCUT2D eigenvalue weighted by Gasteiger charge is 2.49. The lowest BCUT2D eigenvalue weighted by Crippen LogP contribution is -2.42. The van der Waals surface area contributed by atoms with Crippen LogP contribution in [-0.4, -0.2) is 16.9 Å². The van der Waals surface area contributed by atoms with Crippen molar-refractivity contribution in [3.8, 4) is 0 Å². The molecule has 0 aromatic heterocycles. The molecule has 0 saturated heterocycles. The van der Waals surface area contributed by atoms with Gasteiger partial charge in [-0.1, -0.05) is 43.3 Å². The molecule has 1 atom stereocenters. The molecule has 100 valence electrons. The maximum absolute atomic E-state index is 12.7. The van der Waals surface area contributed by atoms with E-state index in [2.05, 4.69) is 0 Å². The Morgan fingerprint density at radius 2 is 1.78 bits per heavy atom.